The standard InChI is InChI=1S/C21H22N2O4/c24-19(22-13-7-15-27-16-8-2-1-3-9-16)12-6-14-23-20(25)17-10-4-5-11-18(17)21(23)26/h1-5,8-11H,6-7,12-15H2,(H,22,24). The number of ether oxygens (including phenoxy) is 1. The van der Waals surface area contributed by atoms with Crippen LogP contribution in [-0.4, -0.2) is 42.3 Å². The van der Waals surface area contributed by atoms with E-state index in [1.165, 1.54) is 4.90 Å². The molecule has 6 nitrogen and oxygen atoms in total. The van der Waals surface area contributed by atoms with Crippen molar-refractivity contribution in [3.05, 3.63) is 65.7 Å². The highest BCUT2D eigenvalue weighted by molar-refractivity contribution is 6.21. The van der Waals surface area contributed by atoms with Crippen molar-refractivity contribution in [2.24, 2.45) is 0 Å². The Hall–Kier alpha value is -3.15. The number of benzene rings is 2. The van der Waals surface area contributed by atoms with E-state index in [-0.39, 0.29) is 30.7 Å². The van der Waals surface area contributed by atoms with E-state index in [1.54, 1.807) is 24.3 Å². The molecular weight excluding hydrogens is 344 g/mol. The number of fused-ring (bicyclic) bond motifs is 1. The van der Waals surface area contributed by atoms with Crippen LogP contribution in [0, 0.1) is 0 Å². The third-order valence-electron chi connectivity index (χ3n) is 4.32. The second kappa shape index (κ2) is 8.98. The van der Waals surface area contributed by atoms with Crippen LogP contribution in [0.2, 0.25) is 0 Å². The minimum absolute atomic E-state index is 0.0914. The minimum atomic E-state index is -0.283. The second-order valence-electron chi connectivity index (χ2n) is 6.28. The summed E-state index contributed by atoms with van der Waals surface area (Å²) in [5.74, 6) is 0.152. The number of carbonyl (C=O) groups excluding carboxylic acids is 3. The van der Waals surface area contributed by atoms with Gasteiger partial charge in [0.1, 0.15) is 5.75 Å². The molecule has 3 amide bonds. The van der Waals surface area contributed by atoms with Crippen molar-refractivity contribution >= 4 is 17.7 Å². The predicted octanol–water partition coefficient (Wildman–Crippen LogP) is 2.65. The zero-order valence-electron chi connectivity index (χ0n) is 15.0. The Bertz CT molecular complexity index is 785. The summed E-state index contributed by atoms with van der Waals surface area (Å²) < 4.78 is 5.56. The summed E-state index contributed by atoms with van der Waals surface area (Å²) in [4.78, 5) is 37.6. The summed E-state index contributed by atoms with van der Waals surface area (Å²) in [6.07, 6.45) is 1.42. The number of carbonyl (C=O) groups is 3. The molecular formula is C21H22N2O4. The molecule has 1 aliphatic heterocycles. The minimum Gasteiger partial charge on any atom is -0.494 e. The van der Waals surface area contributed by atoms with Gasteiger partial charge in [0, 0.05) is 19.5 Å². The molecule has 0 saturated carbocycles. The quantitative estimate of drug-likeness (QED) is 0.547. The van der Waals surface area contributed by atoms with Crippen LogP contribution in [0.5, 0.6) is 5.75 Å². The maximum Gasteiger partial charge on any atom is 0.261 e. The van der Waals surface area contributed by atoms with Gasteiger partial charge in [0.15, 0.2) is 0 Å². The molecule has 1 N–H and O–H groups in total. The van der Waals surface area contributed by atoms with E-state index < -0.39 is 0 Å². The van der Waals surface area contributed by atoms with E-state index in [9.17, 15) is 14.4 Å². The first-order valence-electron chi connectivity index (χ1n) is 9.06. The average Bonchev–Trinajstić information content (AvgIpc) is 2.94. The first-order chi connectivity index (χ1) is 13.2. The smallest absolute Gasteiger partial charge is 0.261 e. The normalized spacial score (nSPS) is 12.8. The van der Waals surface area contributed by atoms with Crippen LogP contribution in [0.3, 0.4) is 0 Å². The van der Waals surface area contributed by atoms with Gasteiger partial charge in [0.2, 0.25) is 5.91 Å². The second-order valence-corrected chi connectivity index (χ2v) is 6.28. The van der Waals surface area contributed by atoms with E-state index in [1.807, 2.05) is 30.3 Å². The third-order valence-corrected chi connectivity index (χ3v) is 4.32. The molecule has 0 atom stereocenters. The number of hydrogen-bond donors (Lipinski definition) is 1. The fraction of sp³-hybridized carbons (Fsp3) is 0.286. The molecule has 0 radical (unpaired) electrons. The molecule has 0 fully saturated rings. The molecule has 0 saturated heterocycles. The molecule has 1 aliphatic rings. The molecule has 0 aliphatic carbocycles. The first-order valence-corrected chi connectivity index (χ1v) is 9.06. The van der Waals surface area contributed by atoms with Gasteiger partial charge in [-0.25, -0.2) is 0 Å². The third kappa shape index (κ3) is 4.73. The predicted molar refractivity (Wildman–Crippen MR) is 101 cm³/mol. The van der Waals surface area contributed by atoms with Gasteiger partial charge in [-0.2, -0.15) is 0 Å². The largest absolute Gasteiger partial charge is 0.494 e. The Labute approximate surface area is 158 Å². The van der Waals surface area contributed by atoms with E-state index in [4.69, 9.17) is 4.74 Å². The van der Waals surface area contributed by atoms with Crippen molar-refractivity contribution < 1.29 is 19.1 Å². The summed E-state index contributed by atoms with van der Waals surface area (Å²) in [6, 6.07) is 16.3. The lowest BCUT2D eigenvalue weighted by atomic mass is 10.1. The number of para-hydroxylation sites is 1. The van der Waals surface area contributed by atoms with Gasteiger partial charge in [0.05, 0.1) is 17.7 Å². The van der Waals surface area contributed by atoms with Crippen LogP contribution >= 0.6 is 0 Å². The van der Waals surface area contributed by atoms with Gasteiger partial charge in [-0.15, -0.1) is 0 Å². The molecule has 0 aromatic heterocycles. The molecule has 1 heterocycles. The summed E-state index contributed by atoms with van der Waals surface area (Å²) in [5.41, 5.74) is 0.871. The highest BCUT2D eigenvalue weighted by Gasteiger charge is 2.34. The molecule has 27 heavy (non-hydrogen) atoms. The van der Waals surface area contributed by atoms with Gasteiger partial charge in [-0.05, 0) is 37.1 Å². The average molecular weight is 366 g/mol. The summed E-state index contributed by atoms with van der Waals surface area (Å²) in [6.45, 7) is 1.30. The van der Waals surface area contributed by atoms with E-state index >= 15 is 0 Å². The highest BCUT2D eigenvalue weighted by atomic mass is 16.5. The zero-order valence-corrected chi connectivity index (χ0v) is 15.0. The Balaban J connectivity index is 1.31. The van der Waals surface area contributed by atoms with Crippen molar-refractivity contribution in [2.75, 3.05) is 19.7 Å². The van der Waals surface area contributed by atoms with Gasteiger partial charge in [-0.1, -0.05) is 30.3 Å². The topological polar surface area (TPSA) is 75.7 Å². The molecule has 140 valence electrons. The summed E-state index contributed by atoms with van der Waals surface area (Å²) in [5, 5.41) is 2.83. The Kier molecular flexibility index (Phi) is 6.20. The first kappa shape index (κ1) is 18.6. The van der Waals surface area contributed by atoms with Crippen LogP contribution in [-0.2, 0) is 4.79 Å². The fourth-order valence-corrected chi connectivity index (χ4v) is 2.94. The van der Waals surface area contributed by atoms with Gasteiger partial charge >= 0.3 is 0 Å². The number of imide groups is 1. The summed E-state index contributed by atoms with van der Waals surface area (Å²) in [7, 11) is 0. The molecule has 3 rings (SSSR count). The van der Waals surface area contributed by atoms with E-state index in [2.05, 4.69) is 5.32 Å². The van der Waals surface area contributed by atoms with Gasteiger partial charge in [0.25, 0.3) is 11.8 Å². The molecule has 0 unspecified atom stereocenters. The van der Waals surface area contributed by atoms with Crippen LogP contribution in [0.4, 0.5) is 0 Å². The lowest BCUT2D eigenvalue weighted by Gasteiger charge is -2.13. The lowest BCUT2D eigenvalue weighted by molar-refractivity contribution is -0.121. The molecule has 6 heteroatoms. The van der Waals surface area contributed by atoms with Crippen LogP contribution < -0.4 is 10.1 Å². The lowest BCUT2D eigenvalue weighted by Crippen LogP contribution is -2.32. The van der Waals surface area contributed by atoms with E-state index in [0.29, 0.717) is 37.1 Å². The fourth-order valence-electron chi connectivity index (χ4n) is 2.94. The maximum atomic E-state index is 12.2. The monoisotopic (exact) mass is 366 g/mol. The Morgan fingerprint density at radius 1 is 0.889 bits per heavy atom. The van der Waals surface area contributed by atoms with Gasteiger partial charge < -0.3 is 10.1 Å². The number of nitrogens with zero attached hydrogens (tertiary/aromatic N) is 1. The molecule has 2 aromatic rings. The van der Waals surface area contributed by atoms with E-state index in [0.717, 1.165) is 5.75 Å². The van der Waals surface area contributed by atoms with Crippen LogP contribution in [0.15, 0.2) is 54.6 Å². The number of rotatable bonds is 9. The number of hydrogen-bond acceptors (Lipinski definition) is 4. The van der Waals surface area contributed by atoms with Gasteiger partial charge in [-0.3, -0.25) is 19.3 Å². The van der Waals surface area contributed by atoms with Crippen LogP contribution in [0.1, 0.15) is 40.0 Å². The number of nitrogens with one attached hydrogen (secondary N) is 1. The van der Waals surface area contributed by atoms with Crippen LogP contribution in [0.25, 0.3) is 0 Å². The molecule has 0 spiro atoms. The highest BCUT2D eigenvalue weighted by Crippen LogP contribution is 2.22. The van der Waals surface area contributed by atoms with Crippen molar-refractivity contribution in [3.63, 3.8) is 0 Å². The van der Waals surface area contributed by atoms with Crippen molar-refractivity contribution in [3.8, 4) is 5.75 Å². The summed E-state index contributed by atoms with van der Waals surface area (Å²) >= 11 is 0. The van der Waals surface area contributed by atoms with Crippen molar-refractivity contribution in [1.82, 2.24) is 10.2 Å². The maximum absolute atomic E-state index is 12.2. The Morgan fingerprint density at radius 2 is 1.52 bits per heavy atom. The Morgan fingerprint density at radius 3 is 2.19 bits per heavy atom. The molecule has 0 bridgehead atoms. The van der Waals surface area contributed by atoms with Crippen molar-refractivity contribution in [2.45, 2.75) is 19.3 Å². The molecule has 2 aromatic carbocycles. The zero-order chi connectivity index (χ0) is 19.1. The SMILES string of the molecule is O=C(CCCN1C(=O)c2ccccc2C1=O)NCCCOc1ccccc1. The number of amides is 3. The van der Waals surface area contributed by atoms with Crippen molar-refractivity contribution in [1.29, 1.82) is 0 Å².